The second-order valence-electron chi connectivity index (χ2n) is 6.19. The summed E-state index contributed by atoms with van der Waals surface area (Å²) in [5.74, 6) is 1.11. The maximum atomic E-state index is 4.45. The number of hydrogen-bond donors (Lipinski definition) is 1. The molecule has 1 saturated heterocycles. The van der Waals surface area contributed by atoms with Crippen LogP contribution in [0.15, 0.2) is 42.6 Å². The van der Waals surface area contributed by atoms with Gasteiger partial charge in [0.1, 0.15) is 5.82 Å². The summed E-state index contributed by atoms with van der Waals surface area (Å²) in [4.78, 5) is 6.83. The lowest BCUT2D eigenvalue weighted by Gasteiger charge is -2.33. The highest BCUT2D eigenvalue weighted by atomic mass is 15.2. The Morgan fingerprint density at radius 1 is 1.09 bits per heavy atom. The van der Waals surface area contributed by atoms with Gasteiger partial charge in [0.25, 0.3) is 0 Å². The minimum atomic E-state index is 0.611. The Balaban J connectivity index is 1.51. The van der Waals surface area contributed by atoms with Crippen molar-refractivity contribution in [1.29, 1.82) is 0 Å². The second kappa shape index (κ2) is 6.93. The molecule has 2 heterocycles. The number of anilines is 1. The quantitative estimate of drug-likeness (QED) is 0.936. The number of nitrogens with zero attached hydrogens (tertiary/aromatic N) is 2. The molecule has 0 atom stereocenters. The Bertz CT molecular complexity index is 601. The van der Waals surface area contributed by atoms with Crippen LogP contribution in [0.3, 0.4) is 0 Å². The Hall–Kier alpha value is -1.87. The largest absolute Gasteiger partial charge is 0.357 e. The van der Waals surface area contributed by atoms with Crippen molar-refractivity contribution in [2.24, 2.45) is 0 Å². The lowest BCUT2D eigenvalue weighted by molar-refractivity contribution is 0.412. The second-order valence-corrected chi connectivity index (χ2v) is 6.19. The first kappa shape index (κ1) is 15.0. The molecule has 3 nitrogen and oxygen atoms in total. The molecule has 3 rings (SSSR count). The summed E-state index contributed by atoms with van der Waals surface area (Å²) in [6.07, 6.45) is 4.24. The molecule has 0 bridgehead atoms. The van der Waals surface area contributed by atoms with E-state index >= 15 is 0 Å². The summed E-state index contributed by atoms with van der Waals surface area (Å²) < 4.78 is 0. The smallest absolute Gasteiger partial charge is 0.128 e. The fourth-order valence-electron chi connectivity index (χ4n) is 3.11. The third-order valence-electron chi connectivity index (χ3n) is 4.77. The summed E-state index contributed by atoms with van der Waals surface area (Å²) in [7, 11) is 0. The van der Waals surface area contributed by atoms with Crippen molar-refractivity contribution >= 4 is 5.82 Å². The van der Waals surface area contributed by atoms with Crippen LogP contribution in [0.1, 0.15) is 29.5 Å². The highest BCUT2D eigenvalue weighted by Crippen LogP contribution is 2.18. The number of piperidine rings is 1. The molecule has 1 aromatic heterocycles. The van der Waals surface area contributed by atoms with Gasteiger partial charge >= 0.3 is 0 Å². The van der Waals surface area contributed by atoms with Gasteiger partial charge in [-0.3, -0.25) is 0 Å². The van der Waals surface area contributed by atoms with Gasteiger partial charge in [0.15, 0.2) is 0 Å². The summed E-state index contributed by atoms with van der Waals surface area (Å²) in [5, 5.41) is 3.73. The molecule has 3 heteroatoms. The van der Waals surface area contributed by atoms with Crippen molar-refractivity contribution in [3.63, 3.8) is 0 Å². The van der Waals surface area contributed by atoms with Crippen LogP contribution in [-0.2, 0) is 6.54 Å². The maximum absolute atomic E-state index is 4.45. The van der Waals surface area contributed by atoms with Crippen molar-refractivity contribution in [3.05, 3.63) is 59.3 Å². The van der Waals surface area contributed by atoms with Gasteiger partial charge in [-0.2, -0.15) is 0 Å². The van der Waals surface area contributed by atoms with Crippen LogP contribution in [0.2, 0.25) is 0 Å². The Kier molecular flexibility index (Phi) is 4.74. The van der Waals surface area contributed by atoms with Gasteiger partial charge in [-0.05, 0) is 55.5 Å². The molecule has 0 spiro atoms. The van der Waals surface area contributed by atoms with Crippen LogP contribution in [0.5, 0.6) is 0 Å². The van der Waals surface area contributed by atoms with Crippen LogP contribution in [0.25, 0.3) is 0 Å². The highest BCUT2D eigenvalue weighted by Gasteiger charge is 2.19. The van der Waals surface area contributed by atoms with Crippen LogP contribution < -0.4 is 10.2 Å². The number of nitrogens with one attached hydrogen (secondary N) is 1. The zero-order valence-electron chi connectivity index (χ0n) is 13.5. The summed E-state index contributed by atoms with van der Waals surface area (Å²) >= 11 is 0. The standard InChI is InChI=1S/C19H25N3/c1-15-6-5-7-17(16(15)2)14-21-18-9-12-22(13-10-18)19-8-3-4-11-20-19/h3-8,11,18,21H,9-10,12-14H2,1-2H3. The van der Waals surface area contributed by atoms with E-state index < -0.39 is 0 Å². The lowest BCUT2D eigenvalue weighted by Crippen LogP contribution is -2.42. The first-order chi connectivity index (χ1) is 10.7. The van der Waals surface area contributed by atoms with Gasteiger partial charge in [0, 0.05) is 31.9 Å². The topological polar surface area (TPSA) is 28.2 Å². The van der Waals surface area contributed by atoms with E-state index in [0.717, 1.165) is 25.5 Å². The highest BCUT2D eigenvalue weighted by molar-refractivity contribution is 5.38. The molecule has 0 aliphatic carbocycles. The Morgan fingerprint density at radius 3 is 2.64 bits per heavy atom. The summed E-state index contributed by atoms with van der Waals surface area (Å²) in [6, 6.07) is 13.3. The number of hydrogen-bond acceptors (Lipinski definition) is 3. The summed E-state index contributed by atoms with van der Waals surface area (Å²) in [6.45, 7) is 7.55. The van der Waals surface area contributed by atoms with Crippen LogP contribution in [0.4, 0.5) is 5.82 Å². The minimum absolute atomic E-state index is 0.611. The van der Waals surface area contributed by atoms with E-state index in [9.17, 15) is 0 Å². The van der Waals surface area contributed by atoms with E-state index in [-0.39, 0.29) is 0 Å². The van der Waals surface area contributed by atoms with Crippen molar-refractivity contribution in [2.75, 3.05) is 18.0 Å². The van der Waals surface area contributed by atoms with Crippen molar-refractivity contribution < 1.29 is 0 Å². The Labute approximate surface area is 133 Å². The molecule has 1 fully saturated rings. The molecule has 1 aliphatic rings. The molecule has 1 aliphatic heterocycles. The minimum Gasteiger partial charge on any atom is -0.357 e. The van der Waals surface area contributed by atoms with E-state index in [2.05, 4.69) is 59.4 Å². The molecular formula is C19H25N3. The average Bonchev–Trinajstić information content (AvgIpc) is 2.57. The zero-order valence-corrected chi connectivity index (χ0v) is 13.5. The predicted molar refractivity (Wildman–Crippen MR) is 92.2 cm³/mol. The van der Waals surface area contributed by atoms with Crippen molar-refractivity contribution in [1.82, 2.24) is 10.3 Å². The van der Waals surface area contributed by atoms with E-state index in [0.29, 0.717) is 6.04 Å². The molecule has 1 aromatic carbocycles. The fourth-order valence-corrected chi connectivity index (χ4v) is 3.11. The molecule has 116 valence electrons. The monoisotopic (exact) mass is 295 g/mol. The van der Waals surface area contributed by atoms with Gasteiger partial charge < -0.3 is 10.2 Å². The van der Waals surface area contributed by atoms with E-state index in [4.69, 9.17) is 0 Å². The van der Waals surface area contributed by atoms with Gasteiger partial charge in [-0.15, -0.1) is 0 Å². The van der Waals surface area contributed by atoms with Crippen LogP contribution >= 0.6 is 0 Å². The van der Waals surface area contributed by atoms with Crippen LogP contribution in [-0.4, -0.2) is 24.1 Å². The predicted octanol–water partition coefficient (Wildman–Crippen LogP) is 3.46. The third kappa shape index (κ3) is 3.47. The molecule has 2 aromatic rings. The molecule has 1 N–H and O–H groups in total. The molecule has 0 amide bonds. The molecule has 0 unspecified atom stereocenters. The SMILES string of the molecule is Cc1cccc(CNC2CCN(c3ccccn3)CC2)c1C. The average molecular weight is 295 g/mol. The number of pyridine rings is 1. The van der Waals surface area contributed by atoms with E-state index in [1.807, 2.05) is 12.3 Å². The normalized spacial score (nSPS) is 16.0. The van der Waals surface area contributed by atoms with Gasteiger partial charge in [0.2, 0.25) is 0 Å². The summed E-state index contributed by atoms with van der Waals surface area (Å²) in [5.41, 5.74) is 4.22. The number of aromatic nitrogens is 1. The number of rotatable bonds is 4. The zero-order chi connectivity index (χ0) is 15.4. The van der Waals surface area contributed by atoms with E-state index in [1.165, 1.54) is 29.5 Å². The van der Waals surface area contributed by atoms with E-state index in [1.54, 1.807) is 0 Å². The molecule has 22 heavy (non-hydrogen) atoms. The lowest BCUT2D eigenvalue weighted by atomic mass is 10.0. The maximum Gasteiger partial charge on any atom is 0.128 e. The van der Waals surface area contributed by atoms with Crippen molar-refractivity contribution in [2.45, 2.75) is 39.3 Å². The number of aryl methyl sites for hydroxylation is 1. The molecular weight excluding hydrogens is 270 g/mol. The fraction of sp³-hybridized carbons (Fsp3) is 0.421. The Morgan fingerprint density at radius 2 is 1.91 bits per heavy atom. The van der Waals surface area contributed by atoms with Crippen LogP contribution in [0, 0.1) is 13.8 Å². The van der Waals surface area contributed by atoms with Crippen molar-refractivity contribution in [3.8, 4) is 0 Å². The number of benzene rings is 1. The first-order valence-electron chi connectivity index (χ1n) is 8.18. The van der Waals surface area contributed by atoms with Gasteiger partial charge in [-0.1, -0.05) is 24.3 Å². The van der Waals surface area contributed by atoms with Gasteiger partial charge in [0.05, 0.1) is 0 Å². The molecule has 0 radical (unpaired) electrons. The van der Waals surface area contributed by atoms with Gasteiger partial charge in [-0.25, -0.2) is 4.98 Å². The first-order valence-corrected chi connectivity index (χ1v) is 8.18. The molecule has 0 saturated carbocycles. The third-order valence-corrected chi connectivity index (χ3v) is 4.77.